The highest BCUT2D eigenvalue weighted by atomic mass is 14.5. The molecule has 15 heavy (non-hydrogen) atoms. The molecule has 0 heterocycles. The number of rotatable bonds is 2. The van der Waals surface area contributed by atoms with Gasteiger partial charge in [0.05, 0.1) is 0 Å². The lowest BCUT2D eigenvalue weighted by Crippen LogP contribution is -1.87. The van der Waals surface area contributed by atoms with Gasteiger partial charge < -0.3 is 5.73 Å². The van der Waals surface area contributed by atoms with Crippen LogP contribution in [0.2, 0.25) is 0 Å². The Morgan fingerprint density at radius 3 is 1.80 bits per heavy atom. The summed E-state index contributed by atoms with van der Waals surface area (Å²) in [5, 5.41) is 0. The molecule has 0 saturated heterocycles. The van der Waals surface area contributed by atoms with E-state index in [4.69, 9.17) is 5.73 Å². The molecule has 0 bridgehead atoms. The van der Waals surface area contributed by atoms with Crippen molar-refractivity contribution in [1.82, 2.24) is 0 Å². The number of aryl methyl sites for hydroxylation is 1. The number of nitrogens with one attached hydrogen (secondary N) is 1. The van der Waals surface area contributed by atoms with Crippen molar-refractivity contribution in [2.24, 2.45) is 0 Å². The van der Waals surface area contributed by atoms with Crippen molar-refractivity contribution < 1.29 is 0 Å². The van der Waals surface area contributed by atoms with E-state index >= 15 is 0 Å². The van der Waals surface area contributed by atoms with Gasteiger partial charge in [0, 0.05) is 0 Å². The molecule has 0 aliphatic carbocycles. The van der Waals surface area contributed by atoms with Crippen LogP contribution in [-0.2, 0) is 6.42 Å². The quantitative estimate of drug-likeness (QED) is 0.685. The van der Waals surface area contributed by atoms with E-state index < -0.39 is 0 Å². The Balaban J connectivity index is 2.15. The Morgan fingerprint density at radius 1 is 0.800 bits per heavy atom. The molecule has 1 N–H and O–H groups in total. The Kier molecular flexibility index (Phi) is 2.72. The van der Waals surface area contributed by atoms with Gasteiger partial charge in [-0.3, -0.25) is 0 Å². The van der Waals surface area contributed by atoms with Gasteiger partial charge in [-0.1, -0.05) is 54.1 Å². The molecule has 0 aromatic heterocycles. The molecular weight excluding hydrogens is 182 g/mol. The summed E-state index contributed by atoms with van der Waals surface area (Å²) in [4.78, 5) is 0. The van der Waals surface area contributed by atoms with E-state index in [1.54, 1.807) is 0 Å². The van der Waals surface area contributed by atoms with Crippen molar-refractivity contribution in [2.75, 3.05) is 0 Å². The van der Waals surface area contributed by atoms with Gasteiger partial charge in [-0.25, -0.2) is 0 Å². The van der Waals surface area contributed by atoms with Crippen molar-refractivity contribution in [3.8, 4) is 0 Å². The molecule has 0 aliphatic heterocycles. The second-order valence-electron chi connectivity index (χ2n) is 3.86. The molecule has 2 aromatic carbocycles. The molecule has 1 nitrogen and oxygen atoms in total. The number of hydrogen-bond acceptors (Lipinski definition) is 0. The van der Waals surface area contributed by atoms with Crippen molar-refractivity contribution in [2.45, 2.75) is 13.3 Å². The smallest absolute Gasteiger partial charge is 0.00258 e. The molecule has 0 amide bonds. The van der Waals surface area contributed by atoms with Crippen LogP contribution in [0.3, 0.4) is 0 Å². The van der Waals surface area contributed by atoms with Crippen LogP contribution in [0.15, 0.2) is 48.5 Å². The summed E-state index contributed by atoms with van der Waals surface area (Å²) in [6, 6.07) is 16.3. The summed E-state index contributed by atoms with van der Waals surface area (Å²) in [7, 11) is 0. The van der Waals surface area contributed by atoms with E-state index in [9.17, 15) is 0 Å². The molecule has 0 unspecified atom stereocenters. The Hall–Kier alpha value is -1.76. The van der Waals surface area contributed by atoms with Gasteiger partial charge in [-0.2, -0.15) is 0 Å². The van der Waals surface area contributed by atoms with Gasteiger partial charge in [0.2, 0.25) is 0 Å². The van der Waals surface area contributed by atoms with Gasteiger partial charge in [-0.05, 0) is 24.5 Å². The third kappa shape index (κ3) is 2.59. The molecule has 2 aromatic rings. The predicted octanol–water partition coefficient (Wildman–Crippen LogP) is 4.27. The maximum atomic E-state index is 7.40. The lowest BCUT2D eigenvalue weighted by molar-refractivity contribution is 1.19. The highest BCUT2D eigenvalue weighted by molar-refractivity contribution is 5.44. The van der Waals surface area contributed by atoms with Crippen LogP contribution < -0.4 is 0 Å². The maximum Gasteiger partial charge on any atom is -0.00258 e. The first kappa shape index (κ1) is 9.78. The predicted molar refractivity (Wildman–Crippen MR) is 64.4 cm³/mol. The lowest BCUT2D eigenvalue weighted by Gasteiger charge is -2.05. The van der Waals surface area contributed by atoms with Gasteiger partial charge in [0.25, 0.3) is 0 Å². The van der Waals surface area contributed by atoms with Crippen molar-refractivity contribution >= 4 is 5.69 Å². The largest absolute Gasteiger partial charge is 0.699 e. The molecular formula is C14H14N-. The van der Waals surface area contributed by atoms with Gasteiger partial charge in [0.1, 0.15) is 0 Å². The first-order valence-electron chi connectivity index (χ1n) is 5.10. The normalized spacial score (nSPS) is 10.2. The molecule has 0 atom stereocenters. The van der Waals surface area contributed by atoms with Crippen LogP contribution in [-0.4, -0.2) is 0 Å². The van der Waals surface area contributed by atoms with E-state index in [0.717, 1.165) is 6.42 Å². The average Bonchev–Trinajstić information content (AvgIpc) is 2.25. The third-order valence-corrected chi connectivity index (χ3v) is 2.48. The molecule has 0 saturated carbocycles. The fourth-order valence-electron chi connectivity index (χ4n) is 1.56. The Morgan fingerprint density at radius 2 is 1.27 bits per heavy atom. The summed E-state index contributed by atoms with van der Waals surface area (Å²) in [6.07, 6.45) is 0.945. The van der Waals surface area contributed by atoms with Gasteiger partial charge in [0.15, 0.2) is 0 Å². The van der Waals surface area contributed by atoms with E-state index in [2.05, 4.69) is 31.2 Å². The molecule has 0 fully saturated rings. The maximum absolute atomic E-state index is 7.40. The van der Waals surface area contributed by atoms with Crippen LogP contribution in [0, 0.1) is 6.92 Å². The topological polar surface area (TPSA) is 23.8 Å². The second kappa shape index (κ2) is 4.18. The van der Waals surface area contributed by atoms with Crippen LogP contribution in [0.4, 0.5) is 5.69 Å². The first-order chi connectivity index (χ1) is 7.24. The van der Waals surface area contributed by atoms with E-state index in [1.165, 1.54) is 16.7 Å². The van der Waals surface area contributed by atoms with E-state index in [-0.39, 0.29) is 0 Å². The van der Waals surface area contributed by atoms with Crippen LogP contribution in [0.1, 0.15) is 16.7 Å². The molecule has 0 spiro atoms. The zero-order valence-corrected chi connectivity index (χ0v) is 8.83. The summed E-state index contributed by atoms with van der Waals surface area (Å²) in [6.45, 7) is 2.10. The zero-order valence-electron chi connectivity index (χ0n) is 8.83. The van der Waals surface area contributed by atoms with Gasteiger partial charge >= 0.3 is 0 Å². The Labute approximate surface area is 90.6 Å². The summed E-state index contributed by atoms with van der Waals surface area (Å²) in [5.41, 5.74) is 11.8. The number of benzene rings is 2. The fraction of sp³-hybridized carbons (Fsp3) is 0.143. The molecule has 2 rings (SSSR count). The molecule has 0 radical (unpaired) electrons. The fourth-order valence-corrected chi connectivity index (χ4v) is 1.56. The average molecular weight is 196 g/mol. The first-order valence-corrected chi connectivity index (χ1v) is 5.10. The Bertz CT molecular complexity index is 382. The summed E-state index contributed by atoms with van der Waals surface area (Å²) < 4.78 is 0. The zero-order chi connectivity index (χ0) is 10.7. The van der Waals surface area contributed by atoms with Crippen LogP contribution in [0.5, 0.6) is 0 Å². The molecule has 0 aliphatic rings. The molecule has 1 heteroatoms. The highest BCUT2D eigenvalue weighted by Gasteiger charge is 1.94. The van der Waals surface area contributed by atoms with Crippen LogP contribution in [0.25, 0.3) is 5.73 Å². The van der Waals surface area contributed by atoms with Crippen molar-refractivity contribution in [3.63, 3.8) is 0 Å². The standard InChI is InChI=1S/C14H14N/c1-11-2-4-12(5-3-11)10-13-6-8-14(15)9-7-13/h2-9,15H,10H2,1H3/q-1. The second-order valence-corrected chi connectivity index (χ2v) is 3.86. The minimum Gasteiger partial charge on any atom is -0.699 e. The van der Waals surface area contributed by atoms with Gasteiger partial charge in [-0.15, -0.1) is 5.69 Å². The summed E-state index contributed by atoms with van der Waals surface area (Å²) >= 11 is 0. The van der Waals surface area contributed by atoms with Crippen LogP contribution >= 0.6 is 0 Å². The monoisotopic (exact) mass is 196 g/mol. The SMILES string of the molecule is Cc1ccc(Cc2ccc([NH-])cc2)cc1. The van der Waals surface area contributed by atoms with E-state index in [0.29, 0.717) is 5.69 Å². The van der Waals surface area contributed by atoms with E-state index in [1.807, 2.05) is 24.3 Å². The van der Waals surface area contributed by atoms with Crippen molar-refractivity contribution in [1.29, 1.82) is 0 Å². The summed E-state index contributed by atoms with van der Waals surface area (Å²) in [5.74, 6) is 0. The highest BCUT2D eigenvalue weighted by Crippen LogP contribution is 2.14. The minimum absolute atomic E-state index is 0.572. The lowest BCUT2D eigenvalue weighted by atomic mass is 10.0. The number of hydrogen-bond donors (Lipinski definition) is 0. The van der Waals surface area contributed by atoms with Crippen molar-refractivity contribution in [3.05, 3.63) is 71.0 Å². The third-order valence-electron chi connectivity index (χ3n) is 2.48. The molecule has 76 valence electrons. The minimum atomic E-state index is 0.572.